The van der Waals surface area contributed by atoms with E-state index in [9.17, 15) is 5.11 Å². The first-order chi connectivity index (χ1) is 15.2. The predicted octanol–water partition coefficient (Wildman–Crippen LogP) is 1.83. The van der Waals surface area contributed by atoms with Crippen molar-refractivity contribution in [2.45, 2.75) is 69.6 Å². The molecule has 4 N–H and O–H groups in total. The molecule has 1 spiro atoms. The molecule has 4 rings (SSSR count). The fourth-order valence-corrected chi connectivity index (χ4v) is 5.54. The van der Waals surface area contributed by atoms with Crippen LogP contribution in [0.4, 0.5) is 5.95 Å². The van der Waals surface area contributed by atoms with E-state index in [4.69, 9.17) is 20.2 Å². The van der Waals surface area contributed by atoms with Crippen LogP contribution in [0.25, 0.3) is 5.65 Å². The highest BCUT2D eigenvalue weighted by molar-refractivity contribution is 7.99. The maximum atomic E-state index is 10.6. The highest BCUT2D eigenvalue weighted by Gasteiger charge is 2.49. The number of aromatic nitrogens is 3. The van der Waals surface area contributed by atoms with Gasteiger partial charge >= 0.3 is 0 Å². The molecule has 2 aliphatic rings. The largest absolute Gasteiger partial charge is 0.378 e. The molecule has 0 aliphatic carbocycles. The topological polar surface area (TPSA) is 110 Å². The quantitative estimate of drug-likeness (QED) is 0.417. The lowest BCUT2D eigenvalue weighted by molar-refractivity contribution is -0.190. The standard InChI is InChI=1S/C22H36N6O3S/c1-15-11-22(14-30-15)5-8-27(13-17(22)26-20(29)31-21(2,3)4)19-25-12-16(32-10-6-23)18-24-7-9-28(18)19/h7,9,12,15,17,20,26,29H,5-6,8,10-11,13-14,23H2,1-4H3/t15-,17?,20?,22?/m0/s1. The van der Waals surface area contributed by atoms with Crippen LogP contribution in [0.2, 0.25) is 0 Å². The summed E-state index contributed by atoms with van der Waals surface area (Å²) in [4.78, 5) is 12.6. The first kappa shape index (κ1) is 23.7. The van der Waals surface area contributed by atoms with E-state index in [1.54, 1.807) is 11.8 Å². The molecular formula is C22H36N6O3S. The normalized spacial score (nSPS) is 27.5. The van der Waals surface area contributed by atoms with Crippen LogP contribution in [-0.4, -0.2) is 75.6 Å². The zero-order valence-corrected chi connectivity index (χ0v) is 20.3. The van der Waals surface area contributed by atoms with Crippen molar-refractivity contribution in [3.8, 4) is 0 Å². The summed E-state index contributed by atoms with van der Waals surface area (Å²) in [6.07, 6.45) is 6.72. The number of rotatable bonds is 7. The number of aliphatic hydroxyl groups is 1. The Balaban J connectivity index is 1.58. The van der Waals surface area contributed by atoms with Crippen molar-refractivity contribution >= 4 is 23.4 Å². The van der Waals surface area contributed by atoms with Gasteiger partial charge in [-0.2, -0.15) is 0 Å². The Labute approximate surface area is 194 Å². The van der Waals surface area contributed by atoms with Gasteiger partial charge in [0.25, 0.3) is 0 Å². The van der Waals surface area contributed by atoms with Crippen LogP contribution in [0.15, 0.2) is 23.5 Å². The van der Waals surface area contributed by atoms with Gasteiger partial charge in [-0.3, -0.25) is 9.72 Å². The number of hydrogen-bond acceptors (Lipinski definition) is 9. The number of imidazole rings is 1. The minimum absolute atomic E-state index is 0.00906. The lowest BCUT2D eigenvalue weighted by Gasteiger charge is -2.46. The second-order valence-electron chi connectivity index (χ2n) is 9.87. The van der Waals surface area contributed by atoms with Gasteiger partial charge in [-0.25, -0.2) is 9.97 Å². The number of anilines is 1. The van der Waals surface area contributed by atoms with Gasteiger partial charge in [-0.05, 0) is 40.5 Å². The van der Waals surface area contributed by atoms with Crippen molar-refractivity contribution in [2.24, 2.45) is 11.1 Å². The Morgan fingerprint density at radius 1 is 1.44 bits per heavy atom. The number of ether oxygens (including phenoxy) is 2. The van der Waals surface area contributed by atoms with Crippen molar-refractivity contribution in [3.63, 3.8) is 0 Å². The number of nitrogens with one attached hydrogen (secondary N) is 1. The summed E-state index contributed by atoms with van der Waals surface area (Å²) in [5.41, 5.74) is 6.09. The third-order valence-corrected chi connectivity index (χ3v) is 7.25. The third kappa shape index (κ3) is 5.05. The van der Waals surface area contributed by atoms with E-state index in [2.05, 4.69) is 22.1 Å². The predicted molar refractivity (Wildman–Crippen MR) is 126 cm³/mol. The fourth-order valence-electron chi connectivity index (χ4n) is 4.79. The lowest BCUT2D eigenvalue weighted by atomic mass is 9.73. The summed E-state index contributed by atoms with van der Waals surface area (Å²) in [7, 11) is 0. The van der Waals surface area contributed by atoms with Crippen LogP contribution in [0.3, 0.4) is 0 Å². The number of fused-ring (bicyclic) bond motifs is 1. The fraction of sp³-hybridized carbons (Fsp3) is 0.727. The number of hydrogen-bond donors (Lipinski definition) is 3. The molecule has 9 nitrogen and oxygen atoms in total. The highest BCUT2D eigenvalue weighted by Crippen LogP contribution is 2.43. The summed E-state index contributed by atoms with van der Waals surface area (Å²) >= 11 is 1.67. The molecule has 10 heteroatoms. The molecule has 0 saturated carbocycles. The number of nitrogens with zero attached hydrogens (tertiary/aromatic N) is 4. The van der Waals surface area contributed by atoms with E-state index in [1.807, 2.05) is 43.8 Å². The van der Waals surface area contributed by atoms with Crippen LogP contribution in [0.5, 0.6) is 0 Å². The second kappa shape index (κ2) is 9.44. The van der Waals surface area contributed by atoms with E-state index in [1.165, 1.54) is 0 Å². The number of aliphatic hydroxyl groups excluding tert-OH is 1. The van der Waals surface area contributed by atoms with Crippen LogP contribution in [0.1, 0.15) is 40.5 Å². The van der Waals surface area contributed by atoms with Gasteiger partial charge in [-0.15, -0.1) is 11.8 Å². The van der Waals surface area contributed by atoms with E-state index in [0.717, 1.165) is 41.6 Å². The minimum Gasteiger partial charge on any atom is -0.378 e. The van der Waals surface area contributed by atoms with Crippen molar-refractivity contribution in [2.75, 3.05) is 36.9 Å². The summed E-state index contributed by atoms with van der Waals surface area (Å²) < 4.78 is 13.8. The number of thioether (sulfide) groups is 1. The van der Waals surface area contributed by atoms with E-state index in [0.29, 0.717) is 19.7 Å². The molecule has 4 atom stereocenters. The monoisotopic (exact) mass is 464 g/mol. The van der Waals surface area contributed by atoms with Gasteiger partial charge in [0.15, 0.2) is 5.65 Å². The van der Waals surface area contributed by atoms with Gasteiger partial charge in [0.05, 0.1) is 23.2 Å². The third-order valence-electron chi connectivity index (χ3n) is 6.21. The lowest BCUT2D eigenvalue weighted by Crippen LogP contribution is -2.61. The van der Waals surface area contributed by atoms with Crippen molar-refractivity contribution < 1.29 is 14.6 Å². The molecule has 2 saturated heterocycles. The molecule has 2 aromatic heterocycles. The van der Waals surface area contributed by atoms with Gasteiger partial charge in [0.1, 0.15) is 0 Å². The Bertz CT molecular complexity index is 919. The minimum atomic E-state index is -1.05. The van der Waals surface area contributed by atoms with E-state index < -0.39 is 12.0 Å². The first-order valence-electron chi connectivity index (χ1n) is 11.3. The van der Waals surface area contributed by atoms with Gasteiger partial charge in [-0.1, -0.05) is 0 Å². The highest BCUT2D eigenvalue weighted by atomic mass is 32.2. The maximum absolute atomic E-state index is 10.6. The SMILES string of the molecule is C[C@H]1CC2(CCN(c3ncc(SCCN)c4nccn34)CC2NC(O)OC(C)(C)C)CO1. The average molecular weight is 465 g/mol. The second-order valence-corrected chi connectivity index (χ2v) is 11.0. The Morgan fingerprint density at radius 2 is 2.25 bits per heavy atom. The van der Waals surface area contributed by atoms with Gasteiger partial charge in [0, 0.05) is 55.4 Å². The van der Waals surface area contributed by atoms with Crippen LogP contribution < -0.4 is 16.0 Å². The first-order valence-corrected chi connectivity index (χ1v) is 12.3. The molecular weight excluding hydrogens is 428 g/mol. The van der Waals surface area contributed by atoms with Crippen molar-refractivity contribution in [1.82, 2.24) is 19.7 Å². The molecule has 0 bridgehead atoms. The summed E-state index contributed by atoms with van der Waals surface area (Å²) in [5, 5.41) is 14.0. The van der Waals surface area contributed by atoms with E-state index in [-0.39, 0.29) is 17.6 Å². The van der Waals surface area contributed by atoms with Crippen molar-refractivity contribution in [3.05, 3.63) is 18.6 Å². The van der Waals surface area contributed by atoms with Gasteiger partial charge < -0.3 is 25.2 Å². The smallest absolute Gasteiger partial charge is 0.214 e. The Morgan fingerprint density at radius 3 is 2.94 bits per heavy atom. The molecule has 0 amide bonds. The number of piperidine rings is 1. The van der Waals surface area contributed by atoms with Crippen LogP contribution >= 0.6 is 11.8 Å². The Kier molecular flexibility index (Phi) is 7.00. The number of nitrogens with two attached hydrogens (primary N) is 1. The average Bonchev–Trinajstić information content (AvgIpc) is 3.34. The summed E-state index contributed by atoms with van der Waals surface area (Å²) in [6.45, 7) is 10.8. The zero-order valence-electron chi connectivity index (χ0n) is 19.5. The molecule has 2 aliphatic heterocycles. The molecule has 32 heavy (non-hydrogen) atoms. The van der Waals surface area contributed by atoms with Crippen LogP contribution in [-0.2, 0) is 9.47 Å². The van der Waals surface area contributed by atoms with Crippen LogP contribution in [0, 0.1) is 5.41 Å². The Hall–Kier alpha value is -1.43. The molecule has 178 valence electrons. The zero-order chi connectivity index (χ0) is 22.9. The maximum Gasteiger partial charge on any atom is 0.214 e. The van der Waals surface area contributed by atoms with Gasteiger partial charge in [0.2, 0.25) is 12.4 Å². The molecule has 0 radical (unpaired) electrons. The molecule has 2 aromatic rings. The summed E-state index contributed by atoms with van der Waals surface area (Å²) in [5.74, 6) is 1.68. The molecule has 0 aromatic carbocycles. The van der Waals surface area contributed by atoms with E-state index >= 15 is 0 Å². The molecule has 2 fully saturated rings. The molecule has 4 heterocycles. The van der Waals surface area contributed by atoms with Crippen molar-refractivity contribution in [1.29, 1.82) is 0 Å². The summed E-state index contributed by atoms with van der Waals surface area (Å²) in [6, 6.07) is -0.00906. The molecule has 3 unspecified atom stereocenters.